The molecule has 0 aliphatic carbocycles. The molecule has 0 saturated carbocycles. The van der Waals surface area contributed by atoms with Gasteiger partial charge in [0.2, 0.25) is 0 Å². The first kappa shape index (κ1) is 21.8. The van der Waals surface area contributed by atoms with E-state index in [1.54, 1.807) is 0 Å². The molecular weight excluding hydrogens is 373 g/mol. The first-order chi connectivity index (χ1) is 13.2. The number of methoxy groups -OCH3 is 1. The summed E-state index contributed by atoms with van der Waals surface area (Å²) in [4.78, 5) is 4.60. The van der Waals surface area contributed by atoms with Crippen LogP contribution in [0.2, 0.25) is 0 Å². The zero-order valence-electron chi connectivity index (χ0n) is 16.4. The van der Waals surface area contributed by atoms with Gasteiger partial charge in [0.1, 0.15) is 17.2 Å². The van der Waals surface area contributed by atoms with Crippen molar-refractivity contribution in [3.8, 4) is 28.5 Å². The Hall–Kier alpha value is -2.48. The molecule has 0 amide bonds. The molecule has 0 aliphatic heterocycles. The monoisotopic (exact) mass is 398 g/mol. The molecule has 8 heteroatoms. The third kappa shape index (κ3) is 5.28. The van der Waals surface area contributed by atoms with E-state index in [0.717, 1.165) is 18.4 Å². The number of hydrogen-bond acceptors (Lipinski definition) is 5. The summed E-state index contributed by atoms with van der Waals surface area (Å²) in [6.07, 6.45) is -3.00. The van der Waals surface area contributed by atoms with Crippen LogP contribution >= 0.6 is 0 Å². The summed E-state index contributed by atoms with van der Waals surface area (Å²) in [5, 5.41) is 0. The number of aryl methyl sites for hydroxylation is 1. The highest BCUT2D eigenvalue weighted by molar-refractivity contribution is 5.72. The maximum atomic E-state index is 12.5. The summed E-state index contributed by atoms with van der Waals surface area (Å²) in [5.74, 6) is 0.473. The third-order valence-corrected chi connectivity index (χ3v) is 4.31. The van der Waals surface area contributed by atoms with Gasteiger partial charge in [-0.05, 0) is 43.5 Å². The van der Waals surface area contributed by atoms with Crippen LogP contribution in [0.1, 0.15) is 37.9 Å². The minimum atomic E-state index is -4.78. The second-order valence-electron chi connectivity index (χ2n) is 6.27. The molecule has 2 aromatic rings. The normalized spacial score (nSPS) is 11.6. The van der Waals surface area contributed by atoms with Crippen LogP contribution in [0.4, 0.5) is 13.2 Å². The van der Waals surface area contributed by atoms with Gasteiger partial charge in [-0.1, -0.05) is 13.8 Å². The number of nitrogens with zero attached hydrogens (tertiary/aromatic N) is 1. The molecule has 0 saturated heterocycles. The van der Waals surface area contributed by atoms with Crippen molar-refractivity contribution in [3.63, 3.8) is 0 Å². The lowest BCUT2D eigenvalue weighted by atomic mass is 10.0. The average molecular weight is 398 g/mol. The molecule has 28 heavy (non-hydrogen) atoms. The van der Waals surface area contributed by atoms with Crippen LogP contribution in [-0.4, -0.2) is 24.6 Å². The highest BCUT2D eigenvalue weighted by Crippen LogP contribution is 2.37. The van der Waals surface area contributed by atoms with Crippen LogP contribution in [0.5, 0.6) is 17.2 Å². The molecule has 154 valence electrons. The Morgan fingerprint density at radius 1 is 1.11 bits per heavy atom. The minimum absolute atomic E-state index is 0.0608. The first-order valence-corrected chi connectivity index (χ1v) is 9.03. The van der Waals surface area contributed by atoms with Gasteiger partial charge >= 0.3 is 6.36 Å². The van der Waals surface area contributed by atoms with Gasteiger partial charge in [-0.25, -0.2) is 4.98 Å². The zero-order chi connectivity index (χ0) is 20.9. The van der Waals surface area contributed by atoms with Crippen LogP contribution < -0.4 is 19.9 Å². The Morgan fingerprint density at radius 3 is 2.32 bits per heavy atom. The summed E-state index contributed by atoms with van der Waals surface area (Å²) < 4.78 is 52.6. The van der Waals surface area contributed by atoms with E-state index in [9.17, 15) is 13.2 Å². The Morgan fingerprint density at radius 2 is 1.79 bits per heavy atom. The van der Waals surface area contributed by atoms with Crippen molar-refractivity contribution >= 4 is 0 Å². The van der Waals surface area contributed by atoms with Crippen molar-refractivity contribution in [3.05, 3.63) is 35.5 Å². The molecule has 2 rings (SSSR count). The van der Waals surface area contributed by atoms with Gasteiger partial charge in [0.05, 0.1) is 24.6 Å². The van der Waals surface area contributed by atoms with E-state index in [0.29, 0.717) is 22.7 Å². The predicted octanol–water partition coefficient (Wildman–Crippen LogP) is 4.99. The topological polar surface area (TPSA) is 66.6 Å². The van der Waals surface area contributed by atoms with Crippen molar-refractivity contribution in [2.24, 2.45) is 5.73 Å². The average Bonchev–Trinajstić information content (AvgIpc) is 2.65. The lowest BCUT2D eigenvalue weighted by Crippen LogP contribution is -2.17. The fourth-order valence-corrected chi connectivity index (χ4v) is 2.85. The summed E-state index contributed by atoms with van der Waals surface area (Å²) in [7, 11) is 1.37. The van der Waals surface area contributed by atoms with E-state index < -0.39 is 6.36 Å². The molecule has 0 unspecified atom stereocenters. The summed E-state index contributed by atoms with van der Waals surface area (Å²) in [6.45, 7) is 6.10. The number of ether oxygens (including phenoxy) is 3. The van der Waals surface area contributed by atoms with Gasteiger partial charge in [0.15, 0.2) is 0 Å². The fraction of sp³-hybridized carbons (Fsp3) is 0.450. The zero-order valence-corrected chi connectivity index (χ0v) is 16.4. The number of rotatable bonds is 8. The maximum Gasteiger partial charge on any atom is 0.573 e. The number of halogens is 3. The van der Waals surface area contributed by atoms with E-state index in [2.05, 4.69) is 9.72 Å². The Bertz CT molecular complexity index is 806. The van der Waals surface area contributed by atoms with Crippen LogP contribution in [0.25, 0.3) is 11.3 Å². The highest BCUT2D eigenvalue weighted by atomic mass is 19.4. The predicted molar refractivity (Wildman–Crippen MR) is 101 cm³/mol. The van der Waals surface area contributed by atoms with Gasteiger partial charge in [-0.15, -0.1) is 13.2 Å². The highest BCUT2D eigenvalue weighted by Gasteiger charge is 2.31. The van der Waals surface area contributed by atoms with E-state index in [1.807, 2.05) is 26.8 Å². The van der Waals surface area contributed by atoms with Gasteiger partial charge in [-0.3, -0.25) is 0 Å². The molecule has 0 radical (unpaired) electrons. The fourth-order valence-electron chi connectivity index (χ4n) is 2.85. The van der Waals surface area contributed by atoms with Crippen molar-refractivity contribution in [2.75, 3.05) is 7.11 Å². The van der Waals surface area contributed by atoms with Gasteiger partial charge in [0, 0.05) is 18.2 Å². The summed E-state index contributed by atoms with van der Waals surface area (Å²) in [6, 6.07) is 5.74. The molecule has 1 aromatic carbocycles. The van der Waals surface area contributed by atoms with Crippen molar-refractivity contribution in [1.29, 1.82) is 0 Å². The van der Waals surface area contributed by atoms with Crippen molar-refractivity contribution < 1.29 is 27.4 Å². The van der Waals surface area contributed by atoms with Crippen molar-refractivity contribution in [1.82, 2.24) is 4.98 Å². The second kappa shape index (κ2) is 9.14. The second-order valence-corrected chi connectivity index (χ2v) is 6.27. The van der Waals surface area contributed by atoms with Gasteiger partial charge < -0.3 is 19.9 Å². The van der Waals surface area contributed by atoms with E-state index in [1.165, 1.54) is 25.3 Å². The lowest BCUT2D eigenvalue weighted by molar-refractivity contribution is -0.274. The SMILES string of the molecule is CCC(CC)Oc1cc(C)c(-c2ccc(OC(F)(F)F)cc2OC)nc1CN. The Kier molecular flexibility index (Phi) is 7.12. The smallest absolute Gasteiger partial charge is 0.496 e. The van der Waals surface area contributed by atoms with Crippen LogP contribution in [-0.2, 0) is 6.54 Å². The van der Waals surface area contributed by atoms with Gasteiger partial charge in [-0.2, -0.15) is 0 Å². The number of nitrogens with two attached hydrogens (primary N) is 1. The summed E-state index contributed by atoms with van der Waals surface area (Å²) >= 11 is 0. The lowest BCUT2D eigenvalue weighted by Gasteiger charge is -2.20. The molecule has 0 spiro atoms. The molecule has 1 aromatic heterocycles. The molecule has 0 fully saturated rings. The quantitative estimate of drug-likeness (QED) is 0.679. The maximum absolute atomic E-state index is 12.5. The number of alkyl halides is 3. The minimum Gasteiger partial charge on any atom is -0.496 e. The van der Waals surface area contributed by atoms with E-state index in [-0.39, 0.29) is 24.1 Å². The molecule has 5 nitrogen and oxygen atoms in total. The standard InChI is InChI=1S/C20H25F3N2O3/c1-5-13(6-2)27-18-9-12(3)19(25-16(18)11-24)15-8-7-14(10-17(15)26-4)28-20(21,22)23/h7-10,13H,5-6,11,24H2,1-4H3. The molecule has 0 atom stereocenters. The van der Waals surface area contributed by atoms with Crippen molar-refractivity contribution in [2.45, 2.75) is 52.6 Å². The number of benzene rings is 1. The number of pyridine rings is 1. The number of aromatic nitrogens is 1. The summed E-state index contributed by atoms with van der Waals surface area (Å²) in [5.41, 5.74) is 8.32. The third-order valence-electron chi connectivity index (χ3n) is 4.31. The van der Waals surface area contributed by atoms with E-state index in [4.69, 9.17) is 15.2 Å². The molecule has 1 heterocycles. The first-order valence-electron chi connectivity index (χ1n) is 9.03. The molecule has 0 aliphatic rings. The van der Waals surface area contributed by atoms with Crippen LogP contribution in [0.3, 0.4) is 0 Å². The van der Waals surface area contributed by atoms with Crippen LogP contribution in [0, 0.1) is 6.92 Å². The molecular formula is C20H25F3N2O3. The Labute approximate surface area is 162 Å². The molecule has 0 bridgehead atoms. The Balaban J connectivity index is 2.47. The molecule has 2 N–H and O–H groups in total. The van der Waals surface area contributed by atoms with E-state index >= 15 is 0 Å². The number of hydrogen-bond donors (Lipinski definition) is 1. The largest absolute Gasteiger partial charge is 0.573 e. The van der Waals surface area contributed by atoms with Crippen LogP contribution in [0.15, 0.2) is 24.3 Å². The van der Waals surface area contributed by atoms with Gasteiger partial charge in [0.25, 0.3) is 0 Å².